The van der Waals surface area contributed by atoms with E-state index in [-0.39, 0.29) is 30.3 Å². The van der Waals surface area contributed by atoms with Crippen molar-refractivity contribution in [3.63, 3.8) is 0 Å². The highest BCUT2D eigenvalue weighted by Crippen LogP contribution is 2.55. The van der Waals surface area contributed by atoms with Gasteiger partial charge in [0, 0.05) is 36.7 Å². The molecule has 2 bridgehead atoms. The molecule has 2 saturated heterocycles. The lowest BCUT2D eigenvalue weighted by molar-refractivity contribution is -0.142. The Morgan fingerprint density at radius 2 is 2.03 bits per heavy atom. The minimum absolute atomic E-state index is 0.0479. The van der Waals surface area contributed by atoms with E-state index < -0.39 is 29.6 Å². The van der Waals surface area contributed by atoms with E-state index in [0.717, 1.165) is 31.2 Å². The molecule has 204 valence electrons. The number of ether oxygens (including phenoxy) is 2. The average Bonchev–Trinajstić information content (AvgIpc) is 3.58. The van der Waals surface area contributed by atoms with Crippen LogP contribution in [0, 0.1) is 17.8 Å². The first-order chi connectivity index (χ1) is 18.9. The summed E-state index contributed by atoms with van der Waals surface area (Å²) >= 11 is 0. The maximum absolute atomic E-state index is 14.1. The zero-order valence-electron chi connectivity index (χ0n) is 22.2. The molecule has 1 aromatic heterocycles. The zero-order chi connectivity index (χ0) is 27.1. The fraction of sp³-hybridized carbons (Fsp3) is 0.467. The summed E-state index contributed by atoms with van der Waals surface area (Å²) in [5, 5.41) is 6.20. The van der Waals surface area contributed by atoms with Crippen LogP contribution in [0.1, 0.15) is 38.2 Å². The summed E-state index contributed by atoms with van der Waals surface area (Å²) in [7, 11) is 1.56. The van der Waals surface area contributed by atoms with Crippen molar-refractivity contribution < 1.29 is 23.9 Å². The van der Waals surface area contributed by atoms with Gasteiger partial charge in [-0.1, -0.05) is 44.1 Å². The molecule has 4 aliphatic rings. The third-order valence-electron chi connectivity index (χ3n) is 8.78. The van der Waals surface area contributed by atoms with E-state index in [2.05, 4.69) is 22.5 Å². The van der Waals surface area contributed by atoms with Crippen molar-refractivity contribution >= 4 is 23.4 Å². The Morgan fingerprint density at radius 3 is 2.79 bits per heavy atom. The number of amides is 3. The molecular formula is C30H34N4O5. The van der Waals surface area contributed by atoms with Gasteiger partial charge in [0.15, 0.2) is 0 Å². The van der Waals surface area contributed by atoms with Crippen LogP contribution in [0.25, 0.3) is 0 Å². The Morgan fingerprint density at radius 1 is 1.18 bits per heavy atom. The van der Waals surface area contributed by atoms with Gasteiger partial charge in [0.05, 0.1) is 25.0 Å². The van der Waals surface area contributed by atoms with E-state index in [1.165, 1.54) is 0 Å². The first kappa shape index (κ1) is 25.6. The lowest BCUT2D eigenvalue weighted by Gasteiger charge is -2.36. The van der Waals surface area contributed by atoms with Gasteiger partial charge < -0.3 is 25.0 Å². The molecule has 2 aromatic rings. The van der Waals surface area contributed by atoms with E-state index >= 15 is 0 Å². The van der Waals surface area contributed by atoms with E-state index in [4.69, 9.17) is 9.47 Å². The van der Waals surface area contributed by atoms with Crippen LogP contribution in [-0.4, -0.2) is 58.5 Å². The Bertz CT molecular complexity index is 1300. The fourth-order valence-corrected chi connectivity index (χ4v) is 6.84. The van der Waals surface area contributed by atoms with Gasteiger partial charge >= 0.3 is 0 Å². The molecule has 1 saturated carbocycles. The Balaban J connectivity index is 1.32. The summed E-state index contributed by atoms with van der Waals surface area (Å²) in [6, 6.07) is 9.92. The van der Waals surface area contributed by atoms with Gasteiger partial charge in [0.25, 0.3) is 0 Å². The summed E-state index contributed by atoms with van der Waals surface area (Å²) in [4.78, 5) is 47.6. The molecule has 3 aliphatic heterocycles. The van der Waals surface area contributed by atoms with Gasteiger partial charge in [-0.2, -0.15) is 0 Å². The number of likely N-dealkylation sites (tertiary alicyclic amines) is 1. The molecular weight excluding hydrogens is 496 g/mol. The molecule has 1 aromatic carbocycles. The van der Waals surface area contributed by atoms with Crippen LogP contribution in [0.5, 0.6) is 5.75 Å². The maximum atomic E-state index is 14.1. The van der Waals surface area contributed by atoms with Crippen LogP contribution in [-0.2, 0) is 25.7 Å². The molecule has 3 amide bonds. The normalized spacial score (nSPS) is 32.7. The largest absolute Gasteiger partial charge is 0.497 e. The number of anilines is 1. The minimum Gasteiger partial charge on any atom is -0.497 e. The Hall–Kier alpha value is -3.72. The van der Waals surface area contributed by atoms with E-state index in [1.54, 1.807) is 54.7 Å². The summed E-state index contributed by atoms with van der Waals surface area (Å²) in [5.74, 6) is -1.41. The molecule has 7 atom stereocenters. The van der Waals surface area contributed by atoms with Crippen molar-refractivity contribution in [3.8, 4) is 5.75 Å². The smallest absolute Gasteiger partial charge is 0.246 e. The second-order valence-corrected chi connectivity index (χ2v) is 11.1. The van der Waals surface area contributed by atoms with E-state index in [1.807, 2.05) is 18.2 Å². The number of nitrogens with zero attached hydrogens (tertiary/aromatic N) is 2. The summed E-state index contributed by atoms with van der Waals surface area (Å²) in [5.41, 5.74) is 0.169. The number of hydrogen-bond acceptors (Lipinski definition) is 6. The van der Waals surface area contributed by atoms with Crippen molar-refractivity contribution in [2.75, 3.05) is 12.4 Å². The van der Waals surface area contributed by atoms with Crippen LogP contribution < -0.4 is 15.4 Å². The van der Waals surface area contributed by atoms with Crippen molar-refractivity contribution in [2.45, 2.75) is 62.9 Å². The molecule has 39 heavy (non-hydrogen) atoms. The van der Waals surface area contributed by atoms with Gasteiger partial charge in [-0.15, -0.1) is 0 Å². The number of pyridine rings is 1. The second-order valence-electron chi connectivity index (χ2n) is 11.1. The monoisotopic (exact) mass is 530 g/mol. The predicted octanol–water partition coefficient (Wildman–Crippen LogP) is 3.07. The molecule has 0 unspecified atom stereocenters. The van der Waals surface area contributed by atoms with Crippen molar-refractivity contribution in [1.29, 1.82) is 0 Å². The van der Waals surface area contributed by atoms with Crippen LogP contribution in [0.4, 0.5) is 5.69 Å². The van der Waals surface area contributed by atoms with Gasteiger partial charge in [0.2, 0.25) is 17.7 Å². The number of carbonyl (C=O) groups excluding carboxylic acids is 3. The van der Waals surface area contributed by atoms with Crippen molar-refractivity contribution in [1.82, 2.24) is 15.2 Å². The van der Waals surface area contributed by atoms with Crippen LogP contribution >= 0.6 is 0 Å². The van der Waals surface area contributed by atoms with Crippen LogP contribution in [0.15, 0.2) is 60.9 Å². The zero-order valence-corrected chi connectivity index (χ0v) is 22.2. The summed E-state index contributed by atoms with van der Waals surface area (Å²) < 4.78 is 11.7. The van der Waals surface area contributed by atoms with E-state index in [0.29, 0.717) is 17.4 Å². The molecule has 0 radical (unpaired) electrons. The van der Waals surface area contributed by atoms with Crippen molar-refractivity contribution in [2.24, 2.45) is 17.8 Å². The van der Waals surface area contributed by atoms with Gasteiger partial charge in [-0.25, -0.2) is 0 Å². The minimum atomic E-state index is -1.21. The Labute approximate surface area is 228 Å². The third-order valence-corrected chi connectivity index (χ3v) is 8.78. The van der Waals surface area contributed by atoms with Crippen LogP contribution in [0.3, 0.4) is 0 Å². The van der Waals surface area contributed by atoms with Gasteiger partial charge in [-0.3, -0.25) is 19.4 Å². The number of aromatic nitrogens is 1. The number of methoxy groups -OCH3 is 1. The van der Waals surface area contributed by atoms with Crippen molar-refractivity contribution in [3.05, 3.63) is 66.5 Å². The molecule has 1 aliphatic carbocycles. The Kier molecular flexibility index (Phi) is 6.62. The summed E-state index contributed by atoms with van der Waals surface area (Å²) in [6.07, 6.45) is 10.6. The maximum Gasteiger partial charge on any atom is 0.246 e. The molecule has 9 nitrogen and oxygen atoms in total. The molecule has 3 fully saturated rings. The second kappa shape index (κ2) is 10.1. The lowest BCUT2D eigenvalue weighted by Crippen LogP contribution is -2.57. The van der Waals surface area contributed by atoms with E-state index in [9.17, 15) is 14.4 Å². The number of benzene rings is 1. The molecule has 9 heteroatoms. The fourth-order valence-electron chi connectivity index (χ4n) is 6.84. The standard InChI is InChI=1S/C30H34N4O5/c1-18-7-3-4-11-22(18)33-28(36)26-30-13-12-23(39-30)24(27(35)32-20-9-5-10-21(15-20)38-2)25(30)29(37)34(26)17-19-8-6-14-31-16-19/h5-6,8-10,12-16,18,22-26H,3-4,7,11,17H2,1-2H3,(H,32,35)(H,33,36)/t18-,22+,23-,24+,25-,26-,30-/m1/s1. The average molecular weight is 531 g/mol. The topological polar surface area (TPSA) is 110 Å². The first-order valence-electron chi connectivity index (χ1n) is 13.7. The molecule has 6 rings (SSSR count). The van der Waals surface area contributed by atoms with Gasteiger partial charge in [0.1, 0.15) is 17.4 Å². The highest BCUT2D eigenvalue weighted by molar-refractivity contribution is 6.02. The predicted molar refractivity (Wildman–Crippen MR) is 143 cm³/mol. The highest BCUT2D eigenvalue weighted by Gasteiger charge is 2.72. The number of rotatable bonds is 7. The SMILES string of the molecule is COc1cccc(NC(=O)[C@H]2[C@H]3C=C[C@@]4(O3)[C@H]2C(=O)N(Cc2cccnc2)[C@@H]4C(=O)N[C@H]2CCCC[C@H]2C)c1. The molecule has 4 heterocycles. The number of nitrogens with one attached hydrogen (secondary N) is 2. The summed E-state index contributed by atoms with van der Waals surface area (Å²) in [6.45, 7) is 2.37. The molecule has 1 spiro atoms. The molecule has 2 N–H and O–H groups in total. The highest BCUT2D eigenvalue weighted by atomic mass is 16.5. The lowest BCUT2D eigenvalue weighted by atomic mass is 9.74. The number of fused-ring (bicyclic) bond motifs is 1. The van der Waals surface area contributed by atoms with Gasteiger partial charge in [-0.05, 0) is 42.5 Å². The number of hydrogen-bond donors (Lipinski definition) is 2. The number of carbonyl (C=O) groups is 3. The van der Waals surface area contributed by atoms with Crippen LogP contribution in [0.2, 0.25) is 0 Å². The third kappa shape index (κ3) is 4.38. The first-order valence-corrected chi connectivity index (χ1v) is 13.7. The quantitative estimate of drug-likeness (QED) is 0.533.